The molecular formula is C22H22N2O6. The van der Waals surface area contributed by atoms with Crippen LogP contribution in [0.15, 0.2) is 48.5 Å². The van der Waals surface area contributed by atoms with E-state index in [-0.39, 0.29) is 11.5 Å². The Bertz CT molecular complexity index is 1020. The first-order chi connectivity index (χ1) is 14.3. The van der Waals surface area contributed by atoms with Gasteiger partial charge >= 0.3 is 5.97 Å². The highest BCUT2D eigenvalue weighted by atomic mass is 16.5. The second kappa shape index (κ2) is 7.14. The molecule has 2 N–H and O–H groups in total. The fourth-order valence-corrected chi connectivity index (χ4v) is 4.54. The van der Waals surface area contributed by atoms with E-state index in [0.717, 1.165) is 4.90 Å². The number of nitrogens with one attached hydrogen (secondary N) is 1. The van der Waals surface area contributed by atoms with E-state index in [9.17, 15) is 19.5 Å². The molecule has 2 aromatic carbocycles. The van der Waals surface area contributed by atoms with Crippen molar-refractivity contribution in [1.82, 2.24) is 5.32 Å². The zero-order valence-electron chi connectivity index (χ0n) is 16.8. The number of benzene rings is 2. The number of carbonyl (C=O) groups is 3. The SMILES string of the molecule is COC(=O)[C@]1(C)N[C@H](c2ccc(O)c(OC)c2)C2C(=O)N(c3ccccc3)C(=O)C21. The molecule has 30 heavy (non-hydrogen) atoms. The first-order valence-electron chi connectivity index (χ1n) is 9.49. The number of phenolic OH excluding ortho intramolecular Hbond substituents is 1. The second-order valence-electron chi connectivity index (χ2n) is 7.60. The van der Waals surface area contributed by atoms with E-state index >= 15 is 0 Å². The molecule has 0 aliphatic carbocycles. The Morgan fingerprint density at radius 2 is 1.80 bits per heavy atom. The van der Waals surface area contributed by atoms with Gasteiger partial charge < -0.3 is 14.6 Å². The smallest absolute Gasteiger partial charge is 0.326 e. The van der Waals surface area contributed by atoms with Crippen molar-refractivity contribution < 1.29 is 29.0 Å². The fourth-order valence-electron chi connectivity index (χ4n) is 4.54. The Morgan fingerprint density at radius 1 is 1.10 bits per heavy atom. The summed E-state index contributed by atoms with van der Waals surface area (Å²) in [6.45, 7) is 1.58. The highest BCUT2D eigenvalue weighted by Crippen LogP contribution is 2.50. The minimum atomic E-state index is -1.40. The summed E-state index contributed by atoms with van der Waals surface area (Å²) in [5.74, 6) is -3.06. The third-order valence-corrected chi connectivity index (χ3v) is 5.97. The van der Waals surface area contributed by atoms with Gasteiger partial charge in [0.05, 0.1) is 31.7 Å². The Hall–Kier alpha value is -3.39. The molecule has 2 fully saturated rings. The summed E-state index contributed by atoms with van der Waals surface area (Å²) in [6.07, 6.45) is 0. The molecule has 2 heterocycles. The topological polar surface area (TPSA) is 105 Å². The molecule has 2 unspecified atom stereocenters. The molecule has 8 heteroatoms. The first kappa shape index (κ1) is 19.9. The molecule has 2 aliphatic heterocycles. The predicted octanol–water partition coefficient (Wildman–Crippen LogP) is 1.78. The number of amides is 2. The lowest BCUT2D eigenvalue weighted by molar-refractivity contribution is -0.151. The van der Waals surface area contributed by atoms with Gasteiger partial charge in [-0.2, -0.15) is 0 Å². The van der Waals surface area contributed by atoms with E-state index in [1.807, 2.05) is 0 Å². The number of hydrogen-bond donors (Lipinski definition) is 2. The van der Waals surface area contributed by atoms with Crippen molar-refractivity contribution in [2.75, 3.05) is 19.1 Å². The van der Waals surface area contributed by atoms with Crippen LogP contribution in [0.3, 0.4) is 0 Å². The van der Waals surface area contributed by atoms with Crippen LogP contribution in [0.4, 0.5) is 5.69 Å². The summed E-state index contributed by atoms with van der Waals surface area (Å²) in [6, 6.07) is 12.7. The lowest BCUT2D eigenvalue weighted by atomic mass is 9.80. The van der Waals surface area contributed by atoms with Crippen LogP contribution in [0.25, 0.3) is 0 Å². The number of para-hydroxylation sites is 1. The number of anilines is 1. The summed E-state index contributed by atoms with van der Waals surface area (Å²) >= 11 is 0. The molecule has 0 saturated carbocycles. The summed E-state index contributed by atoms with van der Waals surface area (Å²) in [5, 5.41) is 13.1. The molecule has 4 atom stereocenters. The van der Waals surface area contributed by atoms with E-state index in [1.54, 1.807) is 49.4 Å². The number of phenols is 1. The van der Waals surface area contributed by atoms with Crippen LogP contribution in [0, 0.1) is 11.8 Å². The van der Waals surface area contributed by atoms with Crippen molar-refractivity contribution in [3.63, 3.8) is 0 Å². The van der Waals surface area contributed by atoms with E-state index in [1.165, 1.54) is 20.3 Å². The molecule has 8 nitrogen and oxygen atoms in total. The van der Waals surface area contributed by atoms with Crippen LogP contribution < -0.4 is 15.0 Å². The summed E-state index contributed by atoms with van der Waals surface area (Å²) in [4.78, 5) is 40.7. The maximum absolute atomic E-state index is 13.4. The van der Waals surface area contributed by atoms with Crippen LogP contribution in [0.1, 0.15) is 18.5 Å². The van der Waals surface area contributed by atoms with E-state index in [0.29, 0.717) is 11.3 Å². The third kappa shape index (κ3) is 2.75. The third-order valence-electron chi connectivity index (χ3n) is 5.97. The summed E-state index contributed by atoms with van der Waals surface area (Å²) < 4.78 is 10.2. The van der Waals surface area contributed by atoms with Gasteiger partial charge in [0.1, 0.15) is 5.54 Å². The molecular weight excluding hydrogens is 388 g/mol. The molecule has 2 aromatic rings. The van der Waals surface area contributed by atoms with Gasteiger partial charge in [-0.15, -0.1) is 0 Å². The zero-order valence-corrected chi connectivity index (χ0v) is 16.8. The van der Waals surface area contributed by atoms with Crippen LogP contribution in [-0.4, -0.2) is 42.6 Å². The van der Waals surface area contributed by atoms with Crippen LogP contribution >= 0.6 is 0 Å². The highest BCUT2D eigenvalue weighted by molar-refractivity contribution is 6.24. The van der Waals surface area contributed by atoms with E-state index in [2.05, 4.69) is 5.32 Å². The minimum Gasteiger partial charge on any atom is -0.504 e. The Morgan fingerprint density at radius 3 is 2.43 bits per heavy atom. The number of rotatable bonds is 4. The van der Waals surface area contributed by atoms with Crippen LogP contribution in [-0.2, 0) is 19.1 Å². The number of methoxy groups -OCH3 is 2. The molecule has 2 aliphatic rings. The quantitative estimate of drug-likeness (QED) is 0.585. The average molecular weight is 410 g/mol. The van der Waals surface area contributed by atoms with Crippen LogP contribution in [0.2, 0.25) is 0 Å². The normalized spacial score (nSPS) is 27.8. The van der Waals surface area contributed by atoms with Gasteiger partial charge in [0.15, 0.2) is 11.5 Å². The maximum Gasteiger partial charge on any atom is 0.326 e. The Labute approximate surface area is 173 Å². The van der Waals surface area contributed by atoms with E-state index in [4.69, 9.17) is 9.47 Å². The molecule has 4 rings (SSSR count). The number of carbonyl (C=O) groups excluding carboxylic acids is 3. The van der Waals surface area contributed by atoms with Gasteiger partial charge in [-0.05, 0) is 36.8 Å². The first-order valence-corrected chi connectivity index (χ1v) is 9.49. The fraction of sp³-hybridized carbons (Fsp3) is 0.318. The number of hydrogen-bond acceptors (Lipinski definition) is 7. The average Bonchev–Trinajstić information content (AvgIpc) is 3.22. The van der Waals surface area contributed by atoms with Gasteiger partial charge in [0.2, 0.25) is 11.8 Å². The van der Waals surface area contributed by atoms with Crippen molar-refractivity contribution in [1.29, 1.82) is 0 Å². The van der Waals surface area contributed by atoms with Gasteiger partial charge in [0.25, 0.3) is 0 Å². The van der Waals surface area contributed by atoms with Gasteiger partial charge in [0, 0.05) is 6.04 Å². The van der Waals surface area contributed by atoms with Crippen molar-refractivity contribution in [2.45, 2.75) is 18.5 Å². The summed E-state index contributed by atoms with van der Waals surface area (Å²) in [7, 11) is 2.67. The van der Waals surface area contributed by atoms with Crippen molar-refractivity contribution >= 4 is 23.5 Å². The van der Waals surface area contributed by atoms with Gasteiger partial charge in [-0.1, -0.05) is 24.3 Å². The molecule has 2 saturated heterocycles. The van der Waals surface area contributed by atoms with Gasteiger partial charge in [-0.3, -0.25) is 19.7 Å². The Balaban J connectivity index is 1.84. The second-order valence-corrected chi connectivity index (χ2v) is 7.60. The molecule has 0 aromatic heterocycles. The largest absolute Gasteiger partial charge is 0.504 e. The van der Waals surface area contributed by atoms with Crippen molar-refractivity contribution in [2.24, 2.45) is 11.8 Å². The zero-order chi connectivity index (χ0) is 21.6. The molecule has 0 spiro atoms. The molecule has 2 amide bonds. The molecule has 0 radical (unpaired) electrons. The molecule has 156 valence electrons. The summed E-state index contributed by atoms with van der Waals surface area (Å²) in [5.41, 5.74) is -0.328. The van der Waals surface area contributed by atoms with Crippen molar-refractivity contribution in [3.8, 4) is 11.5 Å². The number of imide groups is 1. The number of fused-ring (bicyclic) bond motifs is 1. The number of esters is 1. The predicted molar refractivity (Wildman–Crippen MR) is 107 cm³/mol. The minimum absolute atomic E-state index is 0.0498. The highest BCUT2D eigenvalue weighted by Gasteiger charge is 2.67. The number of nitrogens with zero attached hydrogens (tertiary/aromatic N) is 1. The van der Waals surface area contributed by atoms with Crippen LogP contribution in [0.5, 0.6) is 11.5 Å². The van der Waals surface area contributed by atoms with Crippen molar-refractivity contribution in [3.05, 3.63) is 54.1 Å². The Kier molecular flexibility index (Phi) is 4.74. The lowest BCUT2D eigenvalue weighted by Crippen LogP contribution is -2.54. The number of ether oxygens (including phenoxy) is 2. The standard InChI is InChI=1S/C22H22N2O6/c1-22(21(28)30-3)17-16(18(23-22)12-9-10-14(25)15(11-12)29-2)19(26)24(20(17)27)13-7-5-4-6-8-13/h4-11,16-18,23,25H,1-3H3/t16?,17?,18-,22-/m1/s1. The van der Waals surface area contributed by atoms with Gasteiger partial charge in [-0.25, -0.2) is 4.90 Å². The lowest BCUT2D eigenvalue weighted by Gasteiger charge is -2.28. The number of aromatic hydroxyl groups is 1. The monoisotopic (exact) mass is 410 g/mol. The van der Waals surface area contributed by atoms with E-state index < -0.39 is 41.2 Å². The maximum atomic E-state index is 13.4. The molecule has 0 bridgehead atoms.